The summed E-state index contributed by atoms with van der Waals surface area (Å²) in [7, 11) is 0. The maximum absolute atomic E-state index is 17.3. The quantitative estimate of drug-likeness (QED) is 0.182. The molecule has 2 aliphatic carbocycles. The highest BCUT2D eigenvalue weighted by Gasteiger charge is 2.59. The number of piperidine rings is 1. The average molecular weight is 735 g/mol. The van der Waals surface area contributed by atoms with Gasteiger partial charge >= 0.3 is 18.5 Å². The van der Waals surface area contributed by atoms with Crippen LogP contribution in [0.15, 0.2) is 12.1 Å². The van der Waals surface area contributed by atoms with Crippen LogP contribution in [0.3, 0.4) is 0 Å². The zero-order valence-electron chi connectivity index (χ0n) is 30.3. The van der Waals surface area contributed by atoms with E-state index >= 15 is 8.78 Å². The molecule has 10 nitrogen and oxygen atoms in total. The Balaban J connectivity index is 1.53. The normalized spacial score (nSPS) is 20.3. The number of pyridine rings is 1. The second kappa shape index (κ2) is 12.9. The molecule has 52 heavy (non-hydrogen) atoms. The number of carbonyl (C=O) groups excluding carboxylic acids is 3. The van der Waals surface area contributed by atoms with Crippen LogP contribution in [0.25, 0.3) is 22.2 Å². The van der Waals surface area contributed by atoms with Crippen molar-refractivity contribution >= 4 is 35.1 Å². The molecular weight excluding hydrogens is 691 g/mol. The number of aromatic nitrogens is 2. The SMILES string of the molecule is CC(C)c1nc(-c2cc(NC(=O)OC(C)(C)C)cc(F)c2OC(F)(F)F)c(F)c2c1c(C1C3CN(C(=O)OC(C)(C)C)CC31)c(CC=O)n2C1CC1. The summed E-state index contributed by atoms with van der Waals surface area (Å²) in [6, 6.07) is 1.40. The van der Waals surface area contributed by atoms with Gasteiger partial charge < -0.3 is 28.5 Å². The van der Waals surface area contributed by atoms with Crippen molar-refractivity contribution in [1.82, 2.24) is 14.5 Å². The molecule has 1 aromatic carbocycles. The van der Waals surface area contributed by atoms with Crippen LogP contribution in [0.4, 0.5) is 37.2 Å². The van der Waals surface area contributed by atoms with Gasteiger partial charge in [0, 0.05) is 48.4 Å². The van der Waals surface area contributed by atoms with E-state index in [0.29, 0.717) is 48.8 Å². The fourth-order valence-corrected chi connectivity index (χ4v) is 7.36. The number of anilines is 1. The predicted molar refractivity (Wildman–Crippen MR) is 181 cm³/mol. The van der Waals surface area contributed by atoms with Crippen LogP contribution in [0, 0.1) is 23.5 Å². The van der Waals surface area contributed by atoms with Crippen LogP contribution >= 0.6 is 0 Å². The van der Waals surface area contributed by atoms with Gasteiger partial charge in [-0.2, -0.15) is 0 Å². The molecule has 6 rings (SSSR count). The number of ether oxygens (including phenoxy) is 3. The molecule has 3 aromatic rings. The number of alkyl halides is 3. The van der Waals surface area contributed by atoms with E-state index < -0.39 is 64.3 Å². The summed E-state index contributed by atoms with van der Waals surface area (Å²) in [5.74, 6) is -4.38. The molecule has 0 bridgehead atoms. The fraction of sp³-hybridized carbons (Fsp3) is 0.568. The van der Waals surface area contributed by atoms with E-state index in [4.69, 9.17) is 9.47 Å². The Labute approximate surface area is 298 Å². The number of rotatable bonds is 8. The van der Waals surface area contributed by atoms with Gasteiger partial charge in [0.15, 0.2) is 17.4 Å². The summed E-state index contributed by atoms with van der Waals surface area (Å²) in [5.41, 5.74) is -1.50. The van der Waals surface area contributed by atoms with Crippen molar-refractivity contribution in [3.05, 3.63) is 40.7 Å². The Morgan fingerprint density at radius 2 is 1.62 bits per heavy atom. The topological polar surface area (TPSA) is 112 Å². The van der Waals surface area contributed by atoms with Crippen molar-refractivity contribution in [2.45, 2.75) is 110 Å². The minimum absolute atomic E-state index is 0.00965. The Bertz CT molecular complexity index is 1930. The molecule has 1 N–H and O–H groups in total. The second-order valence-corrected chi connectivity index (χ2v) is 16.1. The van der Waals surface area contributed by atoms with Gasteiger partial charge in [0.25, 0.3) is 0 Å². The summed E-state index contributed by atoms with van der Waals surface area (Å²) in [6.07, 6.45) is -4.75. The number of aldehydes is 1. The molecule has 0 radical (unpaired) electrons. The third-order valence-electron chi connectivity index (χ3n) is 9.33. The molecular formula is C37H43F5N4O6. The molecule has 1 aliphatic heterocycles. The highest BCUT2D eigenvalue weighted by atomic mass is 19.4. The summed E-state index contributed by atoms with van der Waals surface area (Å²) in [6.45, 7) is 14.5. The maximum Gasteiger partial charge on any atom is 0.573 e. The van der Waals surface area contributed by atoms with Gasteiger partial charge in [-0.25, -0.2) is 23.4 Å². The van der Waals surface area contributed by atoms with Crippen LogP contribution < -0.4 is 10.1 Å². The number of benzene rings is 1. The van der Waals surface area contributed by atoms with E-state index in [-0.39, 0.29) is 41.4 Å². The molecule has 3 aliphatic rings. The first-order valence-corrected chi connectivity index (χ1v) is 17.4. The number of nitrogens with one attached hydrogen (secondary N) is 1. The Morgan fingerprint density at radius 3 is 2.13 bits per heavy atom. The number of carbonyl (C=O) groups is 3. The van der Waals surface area contributed by atoms with E-state index in [1.165, 1.54) is 0 Å². The summed E-state index contributed by atoms with van der Waals surface area (Å²) < 4.78 is 90.7. The monoisotopic (exact) mass is 734 g/mol. The number of hydrogen-bond acceptors (Lipinski definition) is 7. The number of hydrogen-bond donors (Lipinski definition) is 1. The van der Waals surface area contributed by atoms with Crippen molar-refractivity contribution in [2.24, 2.45) is 11.8 Å². The largest absolute Gasteiger partial charge is 0.573 e. The van der Waals surface area contributed by atoms with Gasteiger partial charge in [-0.3, -0.25) is 5.32 Å². The highest BCUT2D eigenvalue weighted by Crippen LogP contribution is 2.62. The smallest absolute Gasteiger partial charge is 0.444 e. The summed E-state index contributed by atoms with van der Waals surface area (Å²) in [4.78, 5) is 43.9. The number of halogens is 5. The minimum atomic E-state index is -5.35. The van der Waals surface area contributed by atoms with E-state index in [9.17, 15) is 27.6 Å². The molecule has 2 amide bonds. The first-order chi connectivity index (χ1) is 24.1. The van der Waals surface area contributed by atoms with Crippen molar-refractivity contribution in [3.8, 4) is 17.0 Å². The number of fused-ring (bicyclic) bond motifs is 2. The van der Waals surface area contributed by atoms with Crippen molar-refractivity contribution < 1.29 is 50.5 Å². The lowest BCUT2D eigenvalue weighted by Crippen LogP contribution is -2.36. The Hall–Kier alpha value is -4.43. The number of nitrogens with zero attached hydrogens (tertiary/aromatic N) is 3. The van der Waals surface area contributed by atoms with Gasteiger partial charge in [0.2, 0.25) is 0 Å². The first-order valence-electron chi connectivity index (χ1n) is 17.4. The molecule has 3 fully saturated rings. The van der Waals surface area contributed by atoms with Gasteiger partial charge in [-0.15, -0.1) is 13.2 Å². The van der Waals surface area contributed by atoms with E-state index in [1.54, 1.807) is 64.9 Å². The van der Waals surface area contributed by atoms with Crippen LogP contribution in [0.1, 0.15) is 103 Å². The highest BCUT2D eigenvalue weighted by molar-refractivity contribution is 5.95. The van der Waals surface area contributed by atoms with E-state index in [0.717, 1.165) is 17.9 Å². The van der Waals surface area contributed by atoms with Crippen LogP contribution in [0.2, 0.25) is 0 Å². The van der Waals surface area contributed by atoms with E-state index in [1.807, 2.05) is 0 Å². The molecule has 2 aromatic heterocycles. The first kappa shape index (κ1) is 37.3. The van der Waals surface area contributed by atoms with Crippen molar-refractivity contribution in [2.75, 3.05) is 18.4 Å². The zero-order valence-corrected chi connectivity index (χ0v) is 30.3. The fourth-order valence-electron chi connectivity index (χ4n) is 7.36. The van der Waals surface area contributed by atoms with Crippen molar-refractivity contribution in [1.29, 1.82) is 0 Å². The zero-order chi connectivity index (χ0) is 38.2. The minimum Gasteiger partial charge on any atom is -0.444 e. The third-order valence-corrected chi connectivity index (χ3v) is 9.33. The lowest BCUT2D eigenvalue weighted by molar-refractivity contribution is -0.275. The molecule has 3 heterocycles. The molecule has 2 atom stereocenters. The second-order valence-electron chi connectivity index (χ2n) is 16.1. The number of likely N-dealkylation sites (tertiary alicyclic amines) is 1. The maximum atomic E-state index is 17.3. The molecule has 2 unspecified atom stereocenters. The summed E-state index contributed by atoms with van der Waals surface area (Å²) >= 11 is 0. The standard InChI is InChI=1S/C37H43F5N4O6/c1-17(2)29-27-26(25-21-15-45(16-22(21)25)34(49)52-36(6,7)8)24(11-12-47)46(19-9-10-19)31(27)28(39)30(44-29)20-13-18(43-33(48)51-35(3,4)5)14-23(38)32(20)50-37(40,41)42/h12-14,17,19,21-22,25H,9-11,15-16H2,1-8H3,(H,43,48). The Kier molecular flexibility index (Phi) is 9.26. The molecule has 1 saturated heterocycles. The summed E-state index contributed by atoms with van der Waals surface area (Å²) in [5, 5.41) is 2.77. The molecule has 2 saturated carbocycles. The van der Waals surface area contributed by atoms with Crippen LogP contribution in [-0.2, 0) is 20.7 Å². The molecule has 282 valence electrons. The lowest BCUT2D eigenvalue weighted by atomic mass is 9.95. The lowest BCUT2D eigenvalue weighted by Gasteiger charge is -2.26. The average Bonchev–Trinajstić information content (AvgIpc) is 3.86. The molecule has 0 spiro atoms. The van der Waals surface area contributed by atoms with Crippen LogP contribution in [-0.4, -0.2) is 63.6 Å². The molecule has 15 heteroatoms. The number of amides is 2. The van der Waals surface area contributed by atoms with Crippen molar-refractivity contribution in [3.63, 3.8) is 0 Å². The predicted octanol–water partition coefficient (Wildman–Crippen LogP) is 9.01. The van der Waals surface area contributed by atoms with E-state index in [2.05, 4.69) is 15.0 Å². The van der Waals surface area contributed by atoms with Gasteiger partial charge in [-0.05, 0) is 89.7 Å². The van der Waals surface area contributed by atoms with Gasteiger partial charge in [-0.1, -0.05) is 13.8 Å². The van der Waals surface area contributed by atoms with Gasteiger partial charge in [0.1, 0.15) is 23.2 Å². The van der Waals surface area contributed by atoms with Gasteiger partial charge in [0.05, 0.1) is 16.8 Å². The van der Waals surface area contributed by atoms with Crippen LogP contribution in [0.5, 0.6) is 5.75 Å². The Morgan fingerprint density at radius 1 is 1.00 bits per heavy atom. The third kappa shape index (κ3) is 7.40.